The van der Waals surface area contributed by atoms with Crippen LogP contribution in [0.1, 0.15) is 44.1 Å². The van der Waals surface area contributed by atoms with E-state index in [0.717, 1.165) is 30.7 Å². The van der Waals surface area contributed by atoms with E-state index in [1.165, 1.54) is 12.1 Å². The number of fused-ring (bicyclic) bond motifs is 2. The van der Waals surface area contributed by atoms with Gasteiger partial charge in [-0.3, -0.25) is 4.90 Å². The highest BCUT2D eigenvalue weighted by Gasteiger charge is 2.54. The lowest BCUT2D eigenvalue weighted by atomic mass is 9.95. The predicted octanol–water partition coefficient (Wildman–Crippen LogP) is 6.10. The maximum Gasteiger partial charge on any atom is 0.319 e. The van der Waals surface area contributed by atoms with Crippen molar-refractivity contribution in [2.45, 2.75) is 61.9 Å². The second-order valence-electron chi connectivity index (χ2n) is 14.3. The lowest BCUT2D eigenvalue weighted by Crippen LogP contribution is -2.50. The van der Waals surface area contributed by atoms with Crippen LogP contribution >= 0.6 is 22.9 Å². The van der Waals surface area contributed by atoms with Gasteiger partial charge in [0.25, 0.3) is 0 Å². The average Bonchev–Trinajstić information content (AvgIpc) is 3.93. The number of rotatable bonds is 7. The van der Waals surface area contributed by atoms with E-state index in [9.17, 15) is 20.0 Å². The third kappa shape index (κ3) is 4.72. The molecule has 4 fully saturated rings. The van der Waals surface area contributed by atoms with E-state index < -0.39 is 35.0 Å². The summed E-state index contributed by atoms with van der Waals surface area (Å²) in [6, 6.07) is 6.09. The van der Waals surface area contributed by atoms with E-state index in [4.69, 9.17) is 31.8 Å². The van der Waals surface area contributed by atoms with Crippen LogP contribution in [0.4, 0.5) is 24.0 Å². The van der Waals surface area contributed by atoms with Crippen molar-refractivity contribution in [3.05, 3.63) is 34.4 Å². The fourth-order valence-corrected chi connectivity index (χ4v) is 9.70. The van der Waals surface area contributed by atoms with Crippen molar-refractivity contribution in [2.24, 2.45) is 11.8 Å². The Bertz CT molecular complexity index is 2200. The topological polar surface area (TPSA) is 145 Å². The number of halogens is 4. The zero-order valence-electron chi connectivity index (χ0n) is 26.7. The Morgan fingerprint density at radius 3 is 2.76 bits per heavy atom. The Morgan fingerprint density at radius 1 is 1.20 bits per heavy atom. The Morgan fingerprint density at radius 2 is 2.02 bits per heavy atom. The number of nitrogens with zero attached hydrogens (tertiary/aromatic N) is 6. The molecule has 9 rings (SSSR count). The number of aliphatic hydroxyl groups is 1. The Hall–Kier alpha value is -4.08. The fourth-order valence-electron chi connectivity index (χ4n) is 8.42. The van der Waals surface area contributed by atoms with Gasteiger partial charge >= 0.3 is 6.01 Å². The molecule has 2 aromatic heterocycles. The minimum atomic E-state index is -1.12. The van der Waals surface area contributed by atoms with Gasteiger partial charge in [-0.1, -0.05) is 17.7 Å². The van der Waals surface area contributed by atoms with Gasteiger partial charge in [0.05, 0.1) is 49.8 Å². The van der Waals surface area contributed by atoms with Gasteiger partial charge in [0.1, 0.15) is 47.6 Å². The van der Waals surface area contributed by atoms with Crippen LogP contribution in [0.5, 0.6) is 11.8 Å². The molecular formula is C35H31ClF3N7O3S. The molecule has 0 radical (unpaired) electrons. The molecule has 50 heavy (non-hydrogen) atoms. The van der Waals surface area contributed by atoms with E-state index in [0.29, 0.717) is 38.8 Å². The first kappa shape index (κ1) is 31.9. The molecule has 5 atom stereocenters. The van der Waals surface area contributed by atoms with Crippen LogP contribution in [0.25, 0.3) is 32.1 Å². The minimum Gasteiger partial charge on any atom is -0.489 e. The summed E-state index contributed by atoms with van der Waals surface area (Å²) >= 11 is 7.96. The zero-order chi connectivity index (χ0) is 34.7. The summed E-state index contributed by atoms with van der Waals surface area (Å²) in [6.45, 7) is 1.49. The van der Waals surface area contributed by atoms with Crippen molar-refractivity contribution in [1.29, 1.82) is 10.5 Å². The number of anilines is 2. The summed E-state index contributed by atoms with van der Waals surface area (Å²) in [5.41, 5.74) is 4.24. The summed E-state index contributed by atoms with van der Waals surface area (Å²) in [5.74, 6) is -1.35. The average molecular weight is 722 g/mol. The van der Waals surface area contributed by atoms with E-state index in [-0.39, 0.29) is 90.3 Å². The highest BCUT2D eigenvalue weighted by molar-refractivity contribution is 7.23. The minimum absolute atomic E-state index is 0.00368. The highest BCUT2D eigenvalue weighted by atomic mass is 35.5. The molecule has 0 amide bonds. The number of aromatic nitrogens is 2. The first-order chi connectivity index (χ1) is 24.1. The molecule has 4 aromatic rings. The van der Waals surface area contributed by atoms with Crippen molar-refractivity contribution in [2.75, 3.05) is 43.5 Å². The van der Waals surface area contributed by atoms with E-state index in [1.54, 1.807) is 0 Å². The third-order valence-corrected chi connectivity index (χ3v) is 12.7. The molecule has 2 aliphatic carbocycles. The lowest BCUT2D eigenvalue weighted by molar-refractivity contribution is 0.0895. The second kappa shape index (κ2) is 11.2. The number of benzene rings is 2. The summed E-state index contributed by atoms with van der Waals surface area (Å²) in [4.78, 5) is 13.4. The van der Waals surface area contributed by atoms with E-state index >= 15 is 8.78 Å². The molecule has 15 heteroatoms. The van der Waals surface area contributed by atoms with E-state index in [2.05, 4.69) is 16.0 Å². The molecule has 10 nitrogen and oxygen atoms in total. The molecule has 258 valence electrons. The van der Waals surface area contributed by atoms with E-state index in [1.807, 2.05) is 11.0 Å². The number of nitriles is 2. The van der Waals surface area contributed by atoms with Crippen LogP contribution in [0.2, 0.25) is 5.02 Å². The van der Waals surface area contributed by atoms with Crippen molar-refractivity contribution in [3.63, 3.8) is 0 Å². The summed E-state index contributed by atoms with van der Waals surface area (Å²) < 4.78 is 59.7. The monoisotopic (exact) mass is 721 g/mol. The van der Waals surface area contributed by atoms with Crippen molar-refractivity contribution in [1.82, 2.24) is 14.9 Å². The van der Waals surface area contributed by atoms with Gasteiger partial charge in [0.15, 0.2) is 11.6 Å². The zero-order valence-corrected chi connectivity index (χ0v) is 28.3. The van der Waals surface area contributed by atoms with Crippen LogP contribution < -0.4 is 20.1 Å². The highest BCUT2D eigenvalue weighted by Crippen LogP contribution is 2.54. The number of thiophene rings is 1. The van der Waals surface area contributed by atoms with Crippen LogP contribution in [0.15, 0.2) is 12.1 Å². The second-order valence-corrected chi connectivity index (χ2v) is 15.7. The number of alkyl halides is 1. The molecule has 5 aliphatic rings. The molecule has 3 aliphatic heterocycles. The van der Waals surface area contributed by atoms with Gasteiger partial charge in [-0.25, -0.2) is 13.2 Å². The Kier molecular flexibility index (Phi) is 7.14. The molecule has 2 saturated heterocycles. The maximum absolute atomic E-state index is 17.3. The molecule has 3 unspecified atom stereocenters. The fraction of sp³-hybridized carbons (Fsp3) is 0.486. The number of nitrogen functional groups attached to an aromatic ring is 1. The lowest BCUT2D eigenvalue weighted by Gasteiger charge is -2.35. The van der Waals surface area contributed by atoms with Gasteiger partial charge in [-0.15, -0.1) is 11.3 Å². The summed E-state index contributed by atoms with van der Waals surface area (Å²) in [5, 5.41) is 31.4. The van der Waals surface area contributed by atoms with Crippen LogP contribution in [0.3, 0.4) is 0 Å². The number of hydrogen-bond acceptors (Lipinski definition) is 11. The molecular weight excluding hydrogens is 691 g/mol. The van der Waals surface area contributed by atoms with Gasteiger partial charge in [-0.05, 0) is 56.2 Å². The quantitative estimate of drug-likeness (QED) is 0.230. The molecule has 2 aromatic carbocycles. The Labute approximate surface area is 293 Å². The maximum atomic E-state index is 17.3. The molecule has 2 saturated carbocycles. The predicted molar refractivity (Wildman–Crippen MR) is 181 cm³/mol. The molecule has 0 bridgehead atoms. The van der Waals surface area contributed by atoms with Gasteiger partial charge in [0.2, 0.25) is 0 Å². The largest absolute Gasteiger partial charge is 0.489 e. The van der Waals surface area contributed by atoms with Gasteiger partial charge < -0.3 is 25.2 Å². The van der Waals surface area contributed by atoms with Gasteiger partial charge in [-0.2, -0.15) is 20.5 Å². The van der Waals surface area contributed by atoms with Crippen molar-refractivity contribution >= 4 is 54.7 Å². The first-order valence-corrected chi connectivity index (χ1v) is 17.9. The number of hydrogen-bond donors (Lipinski definition) is 2. The summed E-state index contributed by atoms with van der Waals surface area (Å²) in [7, 11) is 0. The first-order valence-electron chi connectivity index (χ1n) is 16.7. The number of ether oxygens (including phenoxy) is 2. The SMILES string of the molecule is N#Cc1c(N)sc2c(F)ccc(-c3c(Cl)c4c5c(nc(OC[C@@]67CCCN6CC(F)C7)nc5c3F)N(CC3CC3C#N)[C@@H](C3(O)CC3)CO4)c12. The number of nitrogens with two attached hydrogens (primary N) is 1. The molecule has 5 heterocycles. The Balaban J connectivity index is 1.27. The van der Waals surface area contributed by atoms with Crippen molar-refractivity contribution in [3.8, 4) is 35.0 Å². The molecule has 3 N–H and O–H groups in total. The normalized spacial score (nSPS) is 27.9. The summed E-state index contributed by atoms with van der Waals surface area (Å²) in [6.07, 6.45) is 2.66. The third-order valence-electron chi connectivity index (χ3n) is 11.3. The standard InChI is InChI=1S/C35H31ClF3N7O3S/c36-26-24(19-2-3-21(38)30-23(19)20(11-41)31(42)50-30)27(39)28-25-29(26)48-14-22(35(47)5-6-35)46(12-17-8-16(17)10-40)32(25)44-33(43-28)49-15-34-4-1-7-45(34)13-18(37)9-34/h2-3,16-18,22,47H,1,4-9,12-15,42H2/t16?,17?,18?,22-,34+/m1/s1. The van der Waals surface area contributed by atoms with Gasteiger partial charge in [0, 0.05) is 30.5 Å². The van der Waals surface area contributed by atoms with Crippen LogP contribution in [0, 0.1) is 46.1 Å². The van der Waals surface area contributed by atoms with Crippen LogP contribution in [-0.4, -0.2) is 76.2 Å². The van der Waals surface area contributed by atoms with Crippen molar-refractivity contribution < 1.29 is 27.8 Å². The van der Waals surface area contributed by atoms with Crippen LogP contribution in [-0.2, 0) is 0 Å². The molecule has 0 spiro atoms. The smallest absolute Gasteiger partial charge is 0.319 e.